The monoisotopic (exact) mass is 301 g/mol. The van der Waals surface area contributed by atoms with Crippen molar-refractivity contribution in [2.75, 3.05) is 30.3 Å². The van der Waals surface area contributed by atoms with Crippen molar-refractivity contribution in [3.8, 4) is 0 Å². The molecule has 2 heterocycles. The van der Waals surface area contributed by atoms with Crippen LogP contribution in [0.15, 0.2) is 0 Å². The van der Waals surface area contributed by atoms with Crippen molar-refractivity contribution in [3.05, 3.63) is 5.82 Å². The summed E-state index contributed by atoms with van der Waals surface area (Å²) in [5, 5.41) is 11.6. The molecule has 1 aliphatic rings. The Bertz CT molecular complexity index is 417. The molecule has 19 heavy (non-hydrogen) atoms. The molecule has 6 nitrogen and oxygen atoms in total. The highest BCUT2D eigenvalue weighted by Crippen LogP contribution is 2.15. The lowest BCUT2D eigenvalue weighted by Crippen LogP contribution is -2.39. The molecule has 0 radical (unpaired) electrons. The van der Waals surface area contributed by atoms with Gasteiger partial charge in [-0.3, -0.25) is 4.79 Å². The Kier molecular flexibility index (Phi) is 5.50. The van der Waals surface area contributed by atoms with Crippen LogP contribution >= 0.6 is 23.5 Å². The molecule has 8 heteroatoms. The molecule has 1 amide bonds. The van der Waals surface area contributed by atoms with E-state index in [0.717, 1.165) is 30.4 Å². The lowest BCUT2D eigenvalue weighted by molar-refractivity contribution is -0.127. The van der Waals surface area contributed by atoms with E-state index in [4.69, 9.17) is 0 Å². The third-order valence-corrected chi connectivity index (χ3v) is 4.73. The van der Waals surface area contributed by atoms with Gasteiger partial charge in [0.15, 0.2) is 5.82 Å². The summed E-state index contributed by atoms with van der Waals surface area (Å²) < 4.78 is 1.80. The van der Waals surface area contributed by atoms with Crippen molar-refractivity contribution in [3.63, 3.8) is 0 Å². The first-order valence-corrected chi connectivity index (χ1v) is 8.69. The predicted octanol–water partition coefficient (Wildman–Crippen LogP) is 1.06. The van der Waals surface area contributed by atoms with Gasteiger partial charge in [-0.05, 0) is 24.3 Å². The van der Waals surface area contributed by atoms with E-state index in [1.54, 1.807) is 16.4 Å². The molecule has 1 aromatic rings. The van der Waals surface area contributed by atoms with Crippen LogP contribution in [0.2, 0.25) is 0 Å². The Labute approximate surface area is 121 Å². The van der Waals surface area contributed by atoms with Crippen LogP contribution < -0.4 is 0 Å². The molecule has 0 atom stereocenters. The lowest BCUT2D eigenvalue weighted by atomic mass is 10.4. The van der Waals surface area contributed by atoms with Crippen molar-refractivity contribution in [2.45, 2.75) is 25.6 Å². The normalized spacial score (nSPS) is 16.1. The van der Waals surface area contributed by atoms with Gasteiger partial charge in [0.1, 0.15) is 0 Å². The van der Waals surface area contributed by atoms with Crippen molar-refractivity contribution in [1.29, 1.82) is 0 Å². The zero-order valence-electron chi connectivity index (χ0n) is 11.3. The van der Waals surface area contributed by atoms with Crippen LogP contribution in [0.5, 0.6) is 0 Å². The Morgan fingerprint density at radius 1 is 1.42 bits per heavy atom. The van der Waals surface area contributed by atoms with E-state index in [1.165, 1.54) is 0 Å². The summed E-state index contributed by atoms with van der Waals surface area (Å²) >= 11 is 3.50. The van der Waals surface area contributed by atoms with Gasteiger partial charge in [-0.1, -0.05) is 0 Å². The maximum atomic E-state index is 12.0. The van der Waals surface area contributed by atoms with Gasteiger partial charge in [0, 0.05) is 24.6 Å². The molecule has 2 rings (SSSR count). The highest BCUT2D eigenvalue weighted by atomic mass is 32.2. The van der Waals surface area contributed by atoms with Gasteiger partial charge < -0.3 is 4.90 Å². The van der Waals surface area contributed by atoms with Crippen LogP contribution in [0.25, 0.3) is 0 Å². The van der Waals surface area contributed by atoms with E-state index in [-0.39, 0.29) is 11.9 Å². The molecule has 0 aromatic carbocycles. The zero-order chi connectivity index (χ0) is 13.7. The van der Waals surface area contributed by atoms with Crippen LogP contribution in [0.4, 0.5) is 0 Å². The summed E-state index contributed by atoms with van der Waals surface area (Å²) in [6, 6.07) is 0.250. The average molecular weight is 301 g/mol. The van der Waals surface area contributed by atoms with E-state index in [2.05, 4.69) is 15.5 Å². The minimum absolute atomic E-state index is 0.230. The van der Waals surface area contributed by atoms with Crippen LogP contribution in [0, 0.1) is 0 Å². The molecule has 106 valence electrons. The van der Waals surface area contributed by atoms with Crippen LogP contribution in [-0.4, -0.2) is 61.4 Å². The van der Waals surface area contributed by atoms with Gasteiger partial charge in [-0.2, -0.15) is 11.8 Å². The quantitative estimate of drug-likeness (QED) is 0.810. The van der Waals surface area contributed by atoms with Gasteiger partial charge in [0.2, 0.25) is 5.91 Å². The topological polar surface area (TPSA) is 63.9 Å². The van der Waals surface area contributed by atoms with Gasteiger partial charge in [0.05, 0.1) is 17.5 Å². The van der Waals surface area contributed by atoms with Crippen LogP contribution in [0.1, 0.15) is 25.7 Å². The molecular weight excluding hydrogens is 282 g/mol. The minimum atomic E-state index is 0.230. The highest BCUT2D eigenvalue weighted by Gasteiger charge is 2.17. The second kappa shape index (κ2) is 7.14. The number of rotatable bonds is 5. The lowest BCUT2D eigenvalue weighted by Gasteiger charge is -2.26. The van der Waals surface area contributed by atoms with E-state index in [1.807, 2.05) is 30.5 Å². The molecule has 0 aliphatic carbocycles. The number of tetrazole rings is 1. The largest absolute Gasteiger partial charge is 0.340 e. The number of amides is 1. The van der Waals surface area contributed by atoms with E-state index in [9.17, 15) is 4.79 Å². The fourth-order valence-electron chi connectivity index (χ4n) is 1.84. The van der Waals surface area contributed by atoms with E-state index < -0.39 is 0 Å². The van der Waals surface area contributed by atoms with E-state index >= 15 is 0 Å². The second-order valence-corrected chi connectivity index (χ2v) is 6.83. The molecule has 0 saturated carbocycles. The maximum absolute atomic E-state index is 12.0. The maximum Gasteiger partial charge on any atom is 0.232 e. The summed E-state index contributed by atoms with van der Waals surface area (Å²) in [7, 11) is 0. The molecule has 1 saturated heterocycles. The van der Waals surface area contributed by atoms with Gasteiger partial charge in [-0.15, -0.1) is 16.9 Å². The van der Waals surface area contributed by atoms with Crippen LogP contribution in [-0.2, 0) is 10.5 Å². The van der Waals surface area contributed by atoms with Crippen LogP contribution in [0.3, 0.4) is 0 Å². The van der Waals surface area contributed by atoms with Gasteiger partial charge in [-0.25, -0.2) is 4.68 Å². The second-order valence-electron chi connectivity index (χ2n) is 4.62. The molecule has 1 aliphatic heterocycles. The number of nitrogens with zero attached hydrogens (tertiary/aromatic N) is 5. The standard InChI is InChI=1S/C11H19N5OS2/c1-9(2)16-10(12-13-14-16)7-19-8-11(17)15-3-5-18-6-4-15/h9H,3-8H2,1-2H3. The molecule has 0 unspecified atom stereocenters. The summed E-state index contributed by atoms with van der Waals surface area (Å²) in [4.78, 5) is 13.9. The third kappa shape index (κ3) is 4.10. The highest BCUT2D eigenvalue weighted by molar-refractivity contribution is 7.99. The smallest absolute Gasteiger partial charge is 0.232 e. The number of aromatic nitrogens is 4. The Morgan fingerprint density at radius 3 is 2.84 bits per heavy atom. The number of hydrogen-bond acceptors (Lipinski definition) is 6. The number of hydrogen-bond donors (Lipinski definition) is 0. The molecule has 0 N–H and O–H groups in total. The summed E-state index contributed by atoms with van der Waals surface area (Å²) in [5.41, 5.74) is 0. The van der Waals surface area contributed by atoms with Gasteiger partial charge in [0.25, 0.3) is 0 Å². The van der Waals surface area contributed by atoms with Gasteiger partial charge >= 0.3 is 0 Å². The Balaban J connectivity index is 1.76. The third-order valence-electron chi connectivity index (χ3n) is 2.87. The Hall–Kier alpha value is -0.760. The van der Waals surface area contributed by atoms with E-state index in [0.29, 0.717) is 11.5 Å². The number of carbonyl (C=O) groups excluding carboxylic acids is 1. The van der Waals surface area contributed by atoms with Crippen molar-refractivity contribution >= 4 is 29.4 Å². The summed E-state index contributed by atoms with van der Waals surface area (Å²) in [6.45, 7) is 5.85. The summed E-state index contributed by atoms with van der Waals surface area (Å²) in [5.74, 6) is 4.37. The molecular formula is C11H19N5OS2. The molecule has 1 fully saturated rings. The van der Waals surface area contributed by atoms with Crippen molar-refractivity contribution in [1.82, 2.24) is 25.1 Å². The average Bonchev–Trinajstić information content (AvgIpc) is 2.88. The molecule has 1 aromatic heterocycles. The zero-order valence-corrected chi connectivity index (χ0v) is 12.9. The predicted molar refractivity (Wildman–Crippen MR) is 78.3 cm³/mol. The first kappa shape index (κ1) is 14.6. The van der Waals surface area contributed by atoms with Crippen molar-refractivity contribution in [2.24, 2.45) is 0 Å². The van der Waals surface area contributed by atoms with Crippen molar-refractivity contribution < 1.29 is 4.79 Å². The fourth-order valence-corrected chi connectivity index (χ4v) is 3.58. The molecule has 0 bridgehead atoms. The number of carbonyl (C=O) groups is 1. The first-order chi connectivity index (χ1) is 9.18. The molecule has 0 spiro atoms. The summed E-state index contributed by atoms with van der Waals surface area (Å²) in [6.07, 6.45) is 0. The SMILES string of the molecule is CC(C)n1nnnc1CSCC(=O)N1CCSCC1. The Morgan fingerprint density at radius 2 is 2.16 bits per heavy atom. The number of thioether (sulfide) groups is 2. The minimum Gasteiger partial charge on any atom is -0.340 e. The fraction of sp³-hybridized carbons (Fsp3) is 0.818. The first-order valence-electron chi connectivity index (χ1n) is 6.38.